The molecule has 0 fully saturated rings. The lowest BCUT2D eigenvalue weighted by Crippen LogP contribution is -2.22. The van der Waals surface area contributed by atoms with Gasteiger partial charge in [-0.1, -0.05) is 23.8 Å². The number of hydrogen-bond acceptors (Lipinski definition) is 3. The van der Waals surface area contributed by atoms with Crippen molar-refractivity contribution in [1.29, 1.82) is 0 Å². The van der Waals surface area contributed by atoms with Crippen LogP contribution in [0.4, 0.5) is 0 Å². The van der Waals surface area contributed by atoms with Crippen LogP contribution in [0, 0.1) is 20.8 Å². The predicted molar refractivity (Wildman–Crippen MR) is 81.6 cm³/mol. The highest BCUT2D eigenvalue weighted by molar-refractivity contribution is 5.39. The number of nitrogens with one attached hydrogen (secondary N) is 1. The van der Waals surface area contributed by atoms with Gasteiger partial charge in [0.2, 0.25) is 0 Å². The van der Waals surface area contributed by atoms with E-state index in [1.165, 1.54) is 5.56 Å². The first-order valence-corrected chi connectivity index (χ1v) is 6.93. The molecular formula is C17H22N2O. The van der Waals surface area contributed by atoms with E-state index in [0.29, 0.717) is 6.54 Å². The lowest BCUT2D eigenvalue weighted by atomic mass is 9.95. The molecule has 2 rings (SSSR count). The third kappa shape index (κ3) is 3.65. The summed E-state index contributed by atoms with van der Waals surface area (Å²) in [6, 6.07) is 8.18. The van der Waals surface area contributed by atoms with E-state index >= 15 is 0 Å². The number of aliphatic hydroxyl groups excluding tert-OH is 1. The molecule has 3 nitrogen and oxygen atoms in total. The predicted octanol–water partition coefficient (Wildman–Crippen LogP) is 2.83. The van der Waals surface area contributed by atoms with Crippen molar-refractivity contribution in [3.05, 3.63) is 64.5 Å². The van der Waals surface area contributed by atoms with Gasteiger partial charge < -0.3 is 10.4 Å². The summed E-state index contributed by atoms with van der Waals surface area (Å²) in [6.07, 6.45) is 3.12. The number of aryl methyl sites for hydroxylation is 3. The van der Waals surface area contributed by atoms with Gasteiger partial charge in [-0.15, -0.1) is 0 Å². The number of rotatable bonds is 5. The van der Waals surface area contributed by atoms with Crippen molar-refractivity contribution in [3.8, 4) is 0 Å². The Kier molecular flexibility index (Phi) is 4.88. The van der Waals surface area contributed by atoms with E-state index in [-0.39, 0.29) is 0 Å². The summed E-state index contributed by atoms with van der Waals surface area (Å²) in [6.45, 7) is 7.45. The fraction of sp³-hybridized carbons (Fsp3) is 0.353. The molecule has 106 valence electrons. The first-order valence-electron chi connectivity index (χ1n) is 6.93. The van der Waals surface area contributed by atoms with Gasteiger partial charge in [-0.05, 0) is 49.1 Å². The number of aliphatic hydroxyl groups is 1. The molecule has 1 unspecified atom stereocenters. The highest BCUT2D eigenvalue weighted by atomic mass is 16.3. The molecule has 2 N–H and O–H groups in total. The van der Waals surface area contributed by atoms with Gasteiger partial charge in [0, 0.05) is 25.5 Å². The van der Waals surface area contributed by atoms with Gasteiger partial charge in [-0.25, -0.2) is 0 Å². The van der Waals surface area contributed by atoms with Gasteiger partial charge in [0.1, 0.15) is 0 Å². The van der Waals surface area contributed by atoms with Crippen LogP contribution >= 0.6 is 0 Å². The molecule has 0 spiro atoms. The van der Waals surface area contributed by atoms with E-state index in [1.54, 1.807) is 6.20 Å². The maximum Gasteiger partial charge on any atom is 0.0919 e. The molecule has 1 aromatic carbocycles. The zero-order chi connectivity index (χ0) is 14.5. The summed E-state index contributed by atoms with van der Waals surface area (Å²) < 4.78 is 0. The zero-order valence-electron chi connectivity index (χ0n) is 12.4. The summed E-state index contributed by atoms with van der Waals surface area (Å²) in [5, 5.41) is 13.7. The van der Waals surface area contributed by atoms with Crippen molar-refractivity contribution in [1.82, 2.24) is 10.3 Å². The average Bonchev–Trinajstić information content (AvgIpc) is 2.38. The molecule has 2 aromatic rings. The van der Waals surface area contributed by atoms with Crippen LogP contribution in [0.2, 0.25) is 0 Å². The molecule has 0 amide bonds. The van der Waals surface area contributed by atoms with Crippen LogP contribution in [-0.4, -0.2) is 16.6 Å². The third-order valence-corrected chi connectivity index (χ3v) is 3.46. The Labute approximate surface area is 120 Å². The fourth-order valence-electron chi connectivity index (χ4n) is 2.67. The maximum absolute atomic E-state index is 10.4. The molecule has 0 radical (unpaired) electrons. The van der Waals surface area contributed by atoms with Crippen LogP contribution in [0.1, 0.15) is 33.9 Å². The Morgan fingerprint density at radius 1 is 1.20 bits per heavy atom. The third-order valence-electron chi connectivity index (χ3n) is 3.46. The molecule has 1 aromatic heterocycles. The highest BCUT2D eigenvalue weighted by Gasteiger charge is 2.13. The smallest absolute Gasteiger partial charge is 0.0919 e. The van der Waals surface area contributed by atoms with Crippen molar-refractivity contribution in [3.63, 3.8) is 0 Å². The molecule has 20 heavy (non-hydrogen) atoms. The summed E-state index contributed by atoms with van der Waals surface area (Å²) in [5.41, 5.74) is 5.70. The average molecular weight is 270 g/mol. The standard InChI is InChI=1S/C17H22N2O/c1-12-7-13(2)17(14(3)8-12)16(20)11-19-10-15-5-4-6-18-9-15/h4-9,16,19-20H,10-11H2,1-3H3. The molecule has 3 heteroatoms. The van der Waals surface area contributed by atoms with Gasteiger partial charge >= 0.3 is 0 Å². The maximum atomic E-state index is 10.4. The minimum absolute atomic E-state index is 0.479. The zero-order valence-corrected chi connectivity index (χ0v) is 12.4. The SMILES string of the molecule is Cc1cc(C)c(C(O)CNCc2cccnc2)c(C)c1. The summed E-state index contributed by atoms with van der Waals surface area (Å²) in [4.78, 5) is 4.08. The van der Waals surface area contributed by atoms with Gasteiger partial charge in [0.25, 0.3) is 0 Å². The Hall–Kier alpha value is -1.71. The molecule has 0 saturated heterocycles. The van der Waals surface area contributed by atoms with E-state index in [2.05, 4.69) is 43.2 Å². The summed E-state index contributed by atoms with van der Waals surface area (Å²) in [5.74, 6) is 0. The second-order valence-corrected chi connectivity index (χ2v) is 5.32. The van der Waals surface area contributed by atoms with Crippen molar-refractivity contribution < 1.29 is 5.11 Å². The van der Waals surface area contributed by atoms with Crippen LogP contribution in [0.15, 0.2) is 36.7 Å². The molecule has 1 atom stereocenters. The van der Waals surface area contributed by atoms with Crippen molar-refractivity contribution in [2.45, 2.75) is 33.4 Å². The minimum Gasteiger partial charge on any atom is -0.387 e. The molecule has 0 saturated carbocycles. The molecule has 0 aliphatic heterocycles. The van der Waals surface area contributed by atoms with Gasteiger partial charge in [0.05, 0.1) is 6.10 Å². The van der Waals surface area contributed by atoms with Crippen LogP contribution < -0.4 is 5.32 Å². The van der Waals surface area contributed by atoms with E-state index in [1.807, 2.05) is 18.3 Å². The first kappa shape index (κ1) is 14.7. The lowest BCUT2D eigenvalue weighted by molar-refractivity contribution is 0.173. The molecule has 1 heterocycles. The second kappa shape index (κ2) is 6.64. The van der Waals surface area contributed by atoms with Crippen molar-refractivity contribution in [2.24, 2.45) is 0 Å². The fourth-order valence-corrected chi connectivity index (χ4v) is 2.67. The number of benzene rings is 1. The first-order chi connectivity index (χ1) is 9.58. The topological polar surface area (TPSA) is 45.1 Å². The summed E-state index contributed by atoms with van der Waals surface area (Å²) in [7, 11) is 0. The Bertz CT molecular complexity index is 543. The number of aromatic nitrogens is 1. The lowest BCUT2D eigenvalue weighted by Gasteiger charge is -2.18. The molecule has 0 aliphatic carbocycles. The second-order valence-electron chi connectivity index (χ2n) is 5.32. The molecule has 0 bridgehead atoms. The van der Waals surface area contributed by atoms with Crippen molar-refractivity contribution >= 4 is 0 Å². The Balaban J connectivity index is 1.97. The quantitative estimate of drug-likeness (QED) is 0.878. The van der Waals surface area contributed by atoms with Crippen LogP contribution in [-0.2, 0) is 6.54 Å². The Morgan fingerprint density at radius 2 is 1.90 bits per heavy atom. The number of nitrogens with zero attached hydrogens (tertiary/aromatic N) is 1. The Morgan fingerprint density at radius 3 is 2.50 bits per heavy atom. The van der Waals surface area contributed by atoms with Gasteiger partial charge in [-0.3, -0.25) is 4.98 Å². The van der Waals surface area contributed by atoms with Gasteiger partial charge in [-0.2, -0.15) is 0 Å². The van der Waals surface area contributed by atoms with E-state index < -0.39 is 6.10 Å². The van der Waals surface area contributed by atoms with Crippen LogP contribution in [0.25, 0.3) is 0 Å². The molecule has 0 aliphatic rings. The van der Waals surface area contributed by atoms with E-state index in [0.717, 1.165) is 28.8 Å². The largest absolute Gasteiger partial charge is 0.387 e. The number of hydrogen-bond donors (Lipinski definition) is 2. The summed E-state index contributed by atoms with van der Waals surface area (Å²) >= 11 is 0. The van der Waals surface area contributed by atoms with Gasteiger partial charge in [0.15, 0.2) is 0 Å². The number of pyridine rings is 1. The molecular weight excluding hydrogens is 248 g/mol. The van der Waals surface area contributed by atoms with Crippen LogP contribution in [0.3, 0.4) is 0 Å². The minimum atomic E-state index is -0.479. The normalized spacial score (nSPS) is 12.4. The highest BCUT2D eigenvalue weighted by Crippen LogP contribution is 2.23. The van der Waals surface area contributed by atoms with E-state index in [9.17, 15) is 5.11 Å². The monoisotopic (exact) mass is 270 g/mol. The van der Waals surface area contributed by atoms with E-state index in [4.69, 9.17) is 0 Å². The van der Waals surface area contributed by atoms with Crippen LogP contribution in [0.5, 0.6) is 0 Å². The van der Waals surface area contributed by atoms with Crippen molar-refractivity contribution in [2.75, 3.05) is 6.54 Å².